The zero-order chi connectivity index (χ0) is 27.3. The van der Waals surface area contributed by atoms with Gasteiger partial charge in [0.2, 0.25) is 5.91 Å². The Bertz CT molecular complexity index is 1560. The van der Waals surface area contributed by atoms with Crippen molar-refractivity contribution in [1.29, 1.82) is 0 Å². The summed E-state index contributed by atoms with van der Waals surface area (Å²) in [6.45, 7) is 4.02. The van der Waals surface area contributed by atoms with Crippen LogP contribution in [0.5, 0.6) is 11.5 Å². The normalized spacial score (nSPS) is 14.8. The van der Waals surface area contributed by atoms with Gasteiger partial charge in [0.15, 0.2) is 0 Å². The molecule has 0 radical (unpaired) electrons. The molecule has 1 aliphatic heterocycles. The fourth-order valence-electron chi connectivity index (χ4n) is 5.23. The molecule has 5 aromatic rings. The maximum atomic E-state index is 13.1. The lowest BCUT2D eigenvalue weighted by Gasteiger charge is -2.36. The van der Waals surface area contributed by atoms with Crippen molar-refractivity contribution in [3.63, 3.8) is 0 Å². The molecule has 1 saturated heterocycles. The van der Waals surface area contributed by atoms with E-state index in [1.54, 1.807) is 18.6 Å². The molecule has 3 N–H and O–H groups in total. The van der Waals surface area contributed by atoms with Crippen LogP contribution in [0.3, 0.4) is 0 Å². The number of carbonyl (C=O) groups excluding carboxylic acids is 1. The van der Waals surface area contributed by atoms with Crippen molar-refractivity contribution in [3.8, 4) is 22.6 Å². The Morgan fingerprint density at radius 3 is 2.40 bits per heavy atom. The lowest BCUT2D eigenvalue weighted by Crippen LogP contribution is -2.53. The highest BCUT2D eigenvalue weighted by molar-refractivity contribution is 5.98. The topological polar surface area (TPSA) is 100 Å². The molecular formula is C32H32N6O2. The number of aromatic nitrogens is 3. The van der Waals surface area contributed by atoms with Crippen LogP contribution >= 0.6 is 0 Å². The molecule has 2 aromatic carbocycles. The van der Waals surface area contributed by atoms with Crippen LogP contribution in [-0.4, -0.2) is 62.9 Å². The highest BCUT2D eigenvalue weighted by Gasteiger charge is 2.25. The summed E-state index contributed by atoms with van der Waals surface area (Å²) in [5.41, 5.74) is 11.5. The van der Waals surface area contributed by atoms with Gasteiger partial charge in [-0.3, -0.25) is 14.7 Å². The van der Waals surface area contributed by atoms with Gasteiger partial charge in [0.1, 0.15) is 17.1 Å². The van der Waals surface area contributed by atoms with E-state index in [0.29, 0.717) is 31.0 Å². The lowest BCUT2D eigenvalue weighted by atomic mass is 10.0. The molecule has 202 valence electrons. The van der Waals surface area contributed by atoms with E-state index in [1.807, 2.05) is 59.6 Å². The highest BCUT2D eigenvalue weighted by atomic mass is 16.5. The molecule has 3 aromatic heterocycles. The van der Waals surface area contributed by atoms with Gasteiger partial charge in [0.25, 0.3) is 0 Å². The Labute approximate surface area is 233 Å². The summed E-state index contributed by atoms with van der Waals surface area (Å²) >= 11 is 0. The molecule has 1 atom stereocenters. The molecule has 6 rings (SSSR count). The van der Waals surface area contributed by atoms with E-state index in [2.05, 4.69) is 44.1 Å². The number of piperazine rings is 1. The Balaban J connectivity index is 1.06. The number of carbonyl (C=O) groups is 1. The number of aromatic amines is 1. The number of nitrogens with two attached hydrogens (primary N) is 1. The van der Waals surface area contributed by atoms with Gasteiger partial charge in [0.05, 0.1) is 11.4 Å². The number of ether oxygens (including phenoxy) is 1. The molecule has 1 aliphatic rings. The van der Waals surface area contributed by atoms with E-state index in [1.165, 1.54) is 5.56 Å². The van der Waals surface area contributed by atoms with E-state index in [0.717, 1.165) is 47.4 Å². The third kappa shape index (κ3) is 5.73. The van der Waals surface area contributed by atoms with Crippen molar-refractivity contribution in [2.45, 2.75) is 19.0 Å². The van der Waals surface area contributed by atoms with Crippen LogP contribution in [0.2, 0.25) is 0 Å². The summed E-state index contributed by atoms with van der Waals surface area (Å²) in [5.74, 6) is 1.42. The second kappa shape index (κ2) is 11.7. The van der Waals surface area contributed by atoms with Crippen molar-refractivity contribution >= 4 is 16.9 Å². The third-order valence-electron chi connectivity index (χ3n) is 7.38. The minimum absolute atomic E-state index is 0.00923. The van der Waals surface area contributed by atoms with Crippen molar-refractivity contribution in [1.82, 2.24) is 24.8 Å². The predicted octanol–water partition coefficient (Wildman–Crippen LogP) is 4.63. The number of pyridine rings is 2. The Morgan fingerprint density at radius 1 is 0.900 bits per heavy atom. The van der Waals surface area contributed by atoms with E-state index >= 15 is 0 Å². The average Bonchev–Trinajstić information content (AvgIpc) is 3.44. The monoisotopic (exact) mass is 532 g/mol. The molecule has 4 heterocycles. The number of hydrogen-bond donors (Lipinski definition) is 2. The maximum absolute atomic E-state index is 13.1. The molecule has 1 fully saturated rings. The number of H-pyrrole nitrogens is 1. The second-order valence-electron chi connectivity index (χ2n) is 10.1. The predicted molar refractivity (Wildman–Crippen MR) is 156 cm³/mol. The van der Waals surface area contributed by atoms with Crippen molar-refractivity contribution in [2.24, 2.45) is 5.73 Å². The number of rotatable bonds is 8. The number of benzene rings is 2. The molecule has 1 amide bonds. The molecule has 8 nitrogen and oxygen atoms in total. The van der Waals surface area contributed by atoms with Crippen LogP contribution in [0.1, 0.15) is 11.1 Å². The van der Waals surface area contributed by atoms with Gasteiger partial charge in [0, 0.05) is 63.1 Å². The van der Waals surface area contributed by atoms with E-state index < -0.39 is 6.04 Å². The van der Waals surface area contributed by atoms with E-state index in [4.69, 9.17) is 10.5 Å². The van der Waals surface area contributed by atoms with Crippen LogP contribution in [0.15, 0.2) is 97.6 Å². The van der Waals surface area contributed by atoms with Gasteiger partial charge in [-0.25, -0.2) is 4.98 Å². The Hall–Kier alpha value is -4.53. The average molecular weight is 533 g/mol. The lowest BCUT2D eigenvalue weighted by molar-refractivity contribution is -0.134. The number of fused-ring (bicyclic) bond motifs is 1. The third-order valence-corrected chi connectivity index (χ3v) is 7.38. The standard InChI is InChI=1S/C32H32N6O2/c33-28(32(39)38-18-16-37(17-19-38)22-24-4-2-1-3-5-24)20-23-6-8-26(9-7-23)40-29-12-15-35-31-30(29)27(21-36-31)25-10-13-34-14-11-25/h1-15,21,28H,16-20,22,33H2,(H,35,36)/t28-/m0/s1. The van der Waals surface area contributed by atoms with Gasteiger partial charge in [-0.2, -0.15) is 0 Å². The smallest absolute Gasteiger partial charge is 0.239 e. The van der Waals surface area contributed by atoms with Crippen molar-refractivity contribution < 1.29 is 9.53 Å². The Kier molecular flexibility index (Phi) is 7.52. The Morgan fingerprint density at radius 2 is 1.65 bits per heavy atom. The van der Waals surface area contributed by atoms with Crippen LogP contribution in [0.25, 0.3) is 22.2 Å². The molecule has 0 unspecified atom stereocenters. The minimum Gasteiger partial charge on any atom is -0.457 e. The molecule has 0 saturated carbocycles. The first-order valence-corrected chi connectivity index (χ1v) is 13.6. The van der Waals surface area contributed by atoms with Crippen LogP contribution < -0.4 is 10.5 Å². The summed E-state index contributed by atoms with van der Waals surface area (Å²) in [4.78, 5) is 29.1. The molecule has 0 spiro atoms. The number of amides is 1. The summed E-state index contributed by atoms with van der Waals surface area (Å²) < 4.78 is 6.28. The van der Waals surface area contributed by atoms with Gasteiger partial charge in [-0.15, -0.1) is 0 Å². The highest BCUT2D eigenvalue weighted by Crippen LogP contribution is 2.36. The summed E-state index contributed by atoms with van der Waals surface area (Å²) in [6.07, 6.45) is 7.68. The first-order valence-electron chi connectivity index (χ1n) is 13.6. The fraction of sp³-hybridized carbons (Fsp3) is 0.219. The quantitative estimate of drug-likeness (QED) is 0.302. The number of hydrogen-bond acceptors (Lipinski definition) is 6. The van der Waals surface area contributed by atoms with Crippen molar-refractivity contribution in [2.75, 3.05) is 26.2 Å². The van der Waals surface area contributed by atoms with Crippen LogP contribution in [0, 0.1) is 0 Å². The SMILES string of the molecule is N[C@@H](Cc1ccc(Oc2ccnc3[nH]cc(-c4ccncc4)c23)cc1)C(=O)N1CCN(Cc2ccccc2)CC1. The maximum Gasteiger partial charge on any atom is 0.239 e. The van der Waals surface area contributed by atoms with Gasteiger partial charge < -0.3 is 20.4 Å². The van der Waals surface area contributed by atoms with Crippen LogP contribution in [0.4, 0.5) is 0 Å². The first-order chi connectivity index (χ1) is 19.6. The summed E-state index contributed by atoms with van der Waals surface area (Å²) in [5, 5.41) is 0.911. The number of nitrogens with zero attached hydrogens (tertiary/aromatic N) is 4. The second-order valence-corrected chi connectivity index (χ2v) is 10.1. The van der Waals surface area contributed by atoms with E-state index in [-0.39, 0.29) is 5.91 Å². The molecule has 0 bridgehead atoms. The largest absolute Gasteiger partial charge is 0.457 e. The summed E-state index contributed by atoms with van der Waals surface area (Å²) in [6, 6.07) is 23.4. The van der Waals surface area contributed by atoms with Gasteiger partial charge >= 0.3 is 0 Å². The van der Waals surface area contributed by atoms with Gasteiger partial charge in [-0.1, -0.05) is 42.5 Å². The number of nitrogens with one attached hydrogen (secondary N) is 1. The van der Waals surface area contributed by atoms with Crippen LogP contribution in [-0.2, 0) is 17.8 Å². The fourth-order valence-corrected chi connectivity index (χ4v) is 5.23. The summed E-state index contributed by atoms with van der Waals surface area (Å²) in [7, 11) is 0. The van der Waals surface area contributed by atoms with Crippen molar-refractivity contribution in [3.05, 3.63) is 109 Å². The molecular weight excluding hydrogens is 500 g/mol. The minimum atomic E-state index is -0.574. The molecule has 0 aliphatic carbocycles. The van der Waals surface area contributed by atoms with Gasteiger partial charge in [-0.05, 0) is 53.4 Å². The zero-order valence-corrected chi connectivity index (χ0v) is 22.2. The van der Waals surface area contributed by atoms with E-state index in [9.17, 15) is 4.79 Å². The zero-order valence-electron chi connectivity index (χ0n) is 22.2. The first kappa shape index (κ1) is 25.7. The molecule has 40 heavy (non-hydrogen) atoms. The molecule has 8 heteroatoms.